The number of likely N-dealkylation sites (tertiary alicyclic amines) is 1. The highest BCUT2D eigenvalue weighted by Crippen LogP contribution is 2.34. The molecule has 0 saturated carbocycles. The van der Waals surface area contributed by atoms with Gasteiger partial charge in [-0.15, -0.1) is 0 Å². The van der Waals surface area contributed by atoms with Gasteiger partial charge in [0.1, 0.15) is 0 Å². The zero-order valence-electron chi connectivity index (χ0n) is 20.3. The Balaban J connectivity index is 2.63. The lowest BCUT2D eigenvalue weighted by Crippen LogP contribution is -2.47. The second-order valence-electron chi connectivity index (χ2n) is 8.82. The Morgan fingerprint density at radius 3 is 1.83 bits per heavy atom. The van der Waals surface area contributed by atoms with Crippen LogP contribution in [-0.4, -0.2) is 50.3 Å². The van der Waals surface area contributed by atoms with Crippen LogP contribution in [0.25, 0.3) is 0 Å². The van der Waals surface area contributed by atoms with E-state index in [9.17, 15) is 0 Å². The van der Waals surface area contributed by atoms with Gasteiger partial charge < -0.3 is 19.1 Å². The number of rotatable bonds is 18. The number of hydrogen-bond donors (Lipinski definition) is 0. The van der Waals surface area contributed by atoms with Gasteiger partial charge in [-0.3, -0.25) is 0 Å². The third-order valence-corrected chi connectivity index (χ3v) is 6.35. The van der Waals surface area contributed by atoms with Gasteiger partial charge in [0.05, 0.1) is 0 Å². The predicted molar refractivity (Wildman–Crippen MR) is 123 cm³/mol. The van der Waals surface area contributed by atoms with E-state index < -0.39 is 5.97 Å². The van der Waals surface area contributed by atoms with Crippen molar-refractivity contribution in [3.05, 3.63) is 0 Å². The van der Waals surface area contributed by atoms with Gasteiger partial charge in [-0.05, 0) is 78.4 Å². The van der Waals surface area contributed by atoms with E-state index in [1.165, 1.54) is 77.4 Å². The van der Waals surface area contributed by atoms with Crippen LogP contribution in [0.1, 0.15) is 105 Å². The van der Waals surface area contributed by atoms with Crippen LogP contribution in [0.2, 0.25) is 0 Å². The molecule has 4 nitrogen and oxygen atoms in total. The summed E-state index contributed by atoms with van der Waals surface area (Å²) in [5.41, 5.74) is 0. The normalized spacial score (nSPS) is 17.7. The molecule has 0 aromatic rings. The third kappa shape index (κ3) is 10.6. The predicted octanol–water partition coefficient (Wildman–Crippen LogP) is 6.63. The van der Waals surface area contributed by atoms with Crippen LogP contribution in [0, 0.1) is 11.8 Å². The van der Waals surface area contributed by atoms with E-state index in [4.69, 9.17) is 14.2 Å². The minimum absolute atomic E-state index is 0.303. The molecule has 0 aromatic heterocycles. The zero-order valence-corrected chi connectivity index (χ0v) is 20.3. The first-order valence-corrected chi connectivity index (χ1v) is 12.8. The second kappa shape index (κ2) is 16.5. The lowest BCUT2D eigenvalue weighted by molar-refractivity contribution is -0.403. The van der Waals surface area contributed by atoms with E-state index >= 15 is 0 Å². The second-order valence-corrected chi connectivity index (χ2v) is 8.82. The number of ether oxygens (including phenoxy) is 3. The summed E-state index contributed by atoms with van der Waals surface area (Å²) in [6.07, 6.45) is 14.1. The zero-order chi connectivity index (χ0) is 21.4. The molecule has 1 unspecified atom stereocenters. The fourth-order valence-corrected chi connectivity index (χ4v) is 4.60. The first-order valence-electron chi connectivity index (χ1n) is 12.8. The van der Waals surface area contributed by atoms with Gasteiger partial charge in [-0.2, -0.15) is 0 Å². The largest absolute Gasteiger partial charge is 0.328 e. The first kappa shape index (κ1) is 26.9. The molecule has 1 saturated heterocycles. The molecule has 0 aromatic carbocycles. The topological polar surface area (TPSA) is 30.9 Å². The molecule has 1 aliphatic heterocycles. The SMILES string of the molecule is CCCCCCCCC(CCCN1CCC(C)CC1)C(OCC)(OCC)OCC. The minimum Gasteiger partial charge on any atom is -0.328 e. The smallest absolute Gasteiger partial charge is 0.285 e. The number of hydrogen-bond acceptors (Lipinski definition) is 4. The van der Waals surface area contributed by atoms with Crippen LogP contribution in [0.3, 0.4) is 0 Å². The number of piperidine rings is 1. The third-order valence-electron chi connectivity index (χ3n) is 6.35. The van der Waals surface area contributed by atoms with Crippen LogP contribution in [0.15, 0.2) is 0 Å². The molecule has 1 rings (SSSR count). The van der Waals surface area contributed by atoms with E-state index in [1.807, 2.05) is 20.8 Å². The standard InChI is InChI=1S/C25H51NO3/c1-6-10-11-12-13-14-16-24(25(27-7-2,28-8-3)29-9-4)17-15-20-26-21-18-23(5)19-22-26/h23-24H,6-22H2,1-5H3. The van der Waals surface area contributed by atoms with Gasteiger partial charge in [-0.25, -0.2) is 0 Å². The van der Waals surface area contributed by atoms with Crippen molar-refractivity contribution in [1.29, 1.82) is 0 Å². The molecular weight excluding hydrogens is 362 g/mol. The molecule has 4 heteroatoms. The highest BCUT2D eigenvalue weighted by atomic mass is 16.9. The van der Waals surface area contributed by atoms with Crippen LogP contribution >= 0.6 is 0 Å². The van der Waals surface area contributed by atoms with Gasteiger partial charge in [0.2, 0.25) is 0 Å². The van der Waals surface area contributed by atoms with Crippen molar-refractivity contribution < 1.29 is 14.2 Å². The summed E-state index contributed by atoms with van der Waals surface area (Å²) in [6, 6.07) is 0. The fourth-order valence-electron chi connectivity index (χ4n) is 4.60. The summed E-state index contributed by atoms with van der Waals surface area (Å²) < 4.78 is 18.5. The van der Waals surface area contributed by atoms with E-state index in [0.29, 0.717) is 25.7 Å². The summed E-state index contributed by atoms with van der Waals surface area (Å²) >= 11 is 0. The molecule has 1 heterocycles. The maximum atomic E-state index is 6.17. The molecule has 174 valence electrons. The fraction of sp³-hybridized carbons (Fsp3) is 1.00. The monoisotopic (exact) mass is 413 g/mol. The van der Waals surface area contributed by atoms with E-state index in [-0.39, 0.29) is 0 Å². The molecular formula is C25H51NO3. The number of unbranched alkanes of at least 4 members (excludes halogenated alkanes) is 5. The molecule has 0 amide bonds. The molecule has 0 radical (unpaired) electrons. The molecule has 0 bridgehead atoms. The van der Waals surface area contributed by atoms with Crippen molar-refractivity contribution in [2.24, 2.45) is 11.8 Å². The van der Waals surface area contributed by atoms with Crippen molar-refractivity contribution in [2.75, 3.05) is 39.5 Å². The molecule has 0 N–H and O–H groups in total. The molecule has 1 atom stereocenters. The van der Waals surface area contributed by atoms with Gasteiger partial charge in [-0.1, -0.05) is 52.4 Å². The molecule has 0 spiro atoms. The van der Waals surface area contributed by atoms with E-state index in [0.717, 1.165) is 18.8 Å². The summed E-state index contributed by atoms with van der Waals surface area (Å²) in [7, 11) is 0. The van der Waals surface area contributed by atoms with Crippen molar-refractivity contribution in [3.8, 4) is 0 Å². The molecule has 1 fully saturated rings. The van der Waals surface area contributed by atoms with Crippen molar-refractivity contribution >= 4 is 0 Å². The summed E-state index contributed by atoms with van der Waals surface area (Å²) in [5, 5.41) is 0. The summed E-state index contributed by atoms with van der Waals surface area (Å²) in [6.45, 7) is 16.4. The van der Waals surface area contributed by atoms with Crippen LogP contribution < -0.4 is 0 Å². The van der Waals surface area contributed by atoms with E-state index in [2.05, 4.69) is 18.7 Å². The maximum absolute atomic E-state index is 6.17. The lowest BCUT2D eigenvalue weighted by atomic mass is 9.92. The van der Waals surface area contributed by atoms with Crippen LogP contribution in [-0.2, 0) is 14.2 Å². The highest BCUT2D eigenvalue weighted by Gasteiger charge is 2.41. The van der Waals surface area contributed by atoms with Crippen LogP contribution in [0.4, 0.5) is 0 Å². The first-order chi connectivity index (χ1) is 14.1. The van der Waals surface area contributed by atoms with Crippen molar-refractivity contribution in [1.82, 2.24) is 4.90 Å². The van der Waals surface area contributed by atoms with Crippen molar-refractivity contribution in [3.63, 3.8) is 0 Å². The molecule has 0 aliphatic carbocycles. The summed E-state index contributed by atoms with van der Waals surface area (Å²) in [4.78, 5) is 2.64. The average Bonchev–Trinajstić information content (AvgIpc) is 2.71. The molecule has 29 heavy (non-hydrogen) atoms. The van der Waals surface area contributed by atoms with Gasteiger partial charge in [0.25, 0.3) is 5.97 Å². The Morgan fingerprint density at radius 2 is 1.28 bits per heavy atom. The average molecular weight is 414 g/mol. The lowest BCUT2D eigenvalue weighted by Gasteiger charge is -2.39. The van der Waals surface area contributed by atoms with Crippen molar-refractivity contribution in [2.45, 2.75) is 111 Å². The quantitative estimate of drug-likeness (QED) is 0.186. The maximum Gasteiger partial charge on any atom is 0.285 e. The highest BCUT2D eigenvalue weighted by molar-refractivity contribution is 4.75. The van der Waals surface area contributed by atoms with Gasteiger partial charge in [0, 0.05) is 25.7 Å². The summed E-state index contributed by atoms with van der Waals surface area (Å²) in [5.74, 6) is 0.336. The number of nitrogens with zero attached hydrogens (tertiary/aromatic N) is 1. The molecule has 1 aliphatic rings. The Labute approximate surface area is 182 Å². The Hall–Kier alpha value is -0.160. The van der Waals surface area contributed by atoms with Gasteiger partial charge in [0.15, 0.2) is 0 Å². The van der Waals surface area contributed by atoms with Crippen LogP contribution in [0.5, 0.6) is 0 Å². The van der Waals surface area contributed by atoms with Gasteiger partial charge >= 0.3 is 0 Å². The Bertz CT molecular complexity index is 352. The Morgan fingerprint density at radius 1 is 0.759 bits per heavy atom. The Kier molecular flexibility index (Phi) is 15.3. The van der Waals surface area contributed by atoms with E-state index in [1.54, 1.807) is 0 Å². The minimum atomic E-state index is -0.863.